The molecule has 46 heavy (non-hydrogen) atoms. The van der Waals surface area contributed by atoms with Gasteiger partial charge in [0.15, 0.2) is 11.2 Å². The van der Waals surface area contributed by atoms with Crippen LogP contribution in [0.2, 0.25) is 0 Å². The average Bonchev–Trinajstić information content (AvgIpc) is 3.87. The van der Waals surface area contributed by atoms with Gasteiger partial charge >= 0.3 is 0 Å². The standard InChI is InChI=1S/C42H22O4/c1-3-10-33-27(8-1)28-14-15-29-31-21-25(12-16-35(31)46-42(29)41(28)45-33)23-6-5-7-24(20-23)26-13-17-36-32(22-26)40-38(44-36)19-18-37-39(40)30-9-2-4-11-34(30)43-37/h1-22H. The molecule has 0 unspecified atom stereocenters. The summed E-state index contributed by atoms with van der Waals surface area (Å²) >= 11 is 0. The van der Waals surface area contributed by atoms with Crippen molar-refractivity contribution >= 4 is 87.8 Å². The Morgan fingerprint density at radius 2 is 0.739 bits per heavy atom. The molecule has 0 aliphatic carbocycles. The summed E-state index contributed by atoms with van der Waals surface area (Å²) in [5.74, 6) is 0. The topological polar surface area (TPSA) is 52.6 Å². The highest BCUT2D eigenvalue weighted by Gasteiger charge is 2.18. The van der Waals surface area contributed by atoms with Crippen LogP contribution in [0.5, 0.6) is 0 Å². The quantitative estimate of drug-likeness (QED) is 0.201. The van der Waals surface area contributed by atoms with Crippen molar-refractivity contribution < 1.29 is 17.7 Å². The normalized spacial score (nSPS) is 12.3. The Kier molecular flexibility index (Phi) is 4.55. The Balaban J connectivity index is 1.06. The molecule has 11 aromatic rings. The van der Waals surface area contributed by atoms with E-state index >= 15 is 0 Å². The number of furan rings is 4. The molecule has 0 fully saturated rings. The number of hydrogen-bond donors (Lipinski definition) is 0. The molecule has 4 aromatic heterocycles. The van der Waals surface area contributed by atoms with Crippen LogP contribution >= 0.6 is 0 Å². The monoisotopic (exact) mass is 590 g/mol. The van der Waals surface area contributed by atoms with Crippen LogP contribution in [0, 0.1) is 0 Å². The SMILES string of the molecule is c1cc(-c2ccc3oc4c(ccc5c6ccccc6oc54)c3c2)cc(-c2ccc3oc4ccc5oc6ccccc6c5c4c3c2)c1. The van der Waals surface area contributed by atoms with Crippen LogP contribution in [0.3, 0.4) is 0 Å². The Bertz CT molecular complexity index is 3030. The van der Waals surface area contributed by atoms with Crippen molar-refractivity contribution in [1.29, 1.82) is 0 Å². The summed E-state index contributed by atoms with van der Waals surface area (Å²) < 4.78 is 25.2. The Hall–Kier alpha value is -6.26. The molecule has 0 spiro atoms. The molecule has 0 bridgehead atoms. The van der Waals surface area contributed by atoms with E-state index in [4.69, 9.17) is 17.7 Å². The van der Waals surface area contributed by atoms with E-state index in [-0.39, 0.29) is 0 Å². The maximum absolute atomic E-state index is 6.39. The van der Waals surface area contributed by atoms with Crippen LogP contribution in [0.25, 0.3) is 110 Å². The Morgan fingerprint density at radius 1 is 0.261 bits per heavy atom. The van der Waals surface area contributed by atoms with Crippen LogP contribution in [0.1, 0.15) is 0 Å². The van der Waals surface area contributed by atoms with E-state index in [1.54, 1.807) is 0 Å². The predicted molar refractivity (Wildman–Crippen MR) is 186 cm³/mol. The van der Waals surface area contributed by atoms with Gasteiger partial charge in [-0.2, -0.15) is 0 Å². The van der Waals surface area contributed by atoms with Gasteiger partial charge < -0.3 is 17.7 Å². The van der Waals surface area contributed by atoms with Crippen molar-refractivity contribution in [3.63, 3.8) is 0 Å². The van der Waals surface area contributed by atoms with Gasteiger partial charge in [0, 0.05) is 43.1 Å². The molecule has 0 N–H and O–H groups in total. The van der Waals surface area contributed by atoms with Crippen LogP contribution in [0.15, 0.2) is 151 Å². The van der Waals surface area contributed by atoms with Crippen LogP contribution < -0.4 is 0 Å². The first-order chi connectivity index (χ1) is 22.8. The average molecular weight is 591 g/mol. The van der Waals surface area contributed by atoms with Crippen molar-refractivity contribution in [2.45, 2.75) is 0 Å². The van der Waals surface area contributed by atoms with Gasteiger partial charge in [-0.15, -0.1) is 0 Å². The maximum Gasteiger partial charge on any atom is 0.178 e. The summed E-state index contributed by atoms with van der Waals surface area (Å²) in [5, 5.41) is 8.66. The molecular weight excluding hydrogens is 568 g/mol. The third-order valence-electron chi connectivity index (χ3n) is 9.49. The summed E-state index contributed by atoms with van der Waals surface area (Å²) in [6.07, 6.45) is 0. The number of fused-ring (bicyclic) bond motifs is 14. The van der Waals surface area contributed by atoms with Gasteiger partial charge in [0.25, 0.3) is 0 Å². The molecular formula is C42H22O4. The fourth-order valence-electron chi connectivity index (χ4n) is 7.34. The summed E-state index contributed by atoms with van der Waals surface area (Å²) in [4.78, 5) is 0. The molecule has 11 rings (SSSR count). The first-order valence-corrected chi connectivity index (χ1v) is 15.4. The van der Waals surface area contributed by atoms with Crippen molar-refractivity contribution in [2.75, 3.05) is 0 Å². The summed E-state index contributed by atoms with van der Waals surface area (Å²) in [7, 11) is 0. The van der Waals surface area contributed by atoms with Crippen LogP contribution in [-0.2, 0) is 0 Å². The predicted octanol–water partition coefficient (Wildman–Crippen LogP) is 12.6. The number of para-hydroxylation sites is 2. The van der Waals surface area contributed by atoms with Gasteiger partial charge in [-0.25, -0.2) is 0 Å². The lowest BCUT2D eigenvalue weighted by molar-refractivity contribution is 0.633. The molecule has 0 amide bonds. The highest BCUT2D eigenvalue weighted by Crippen LogP contribution is 2.42. The van der Waals surface area contributed by atoms with Gasteiger partial charge in [-0.1, -0.05) is 66.7 Å². The highest BCUT2D eigenvalue weighted by atomic mass is 16.4. The molecule has 7 aromatic carbocycles. The first-order valence-electron chi connectivity index (χ1n) is 15.4. The summed E-state index contributed by atoms with van der Waals surface area (Å²) in [5.41, 5.74) is 11.3. The molecule has 0 saturated carbocycles. The minimum Gasteiger partial charge on any atom is -0.456 e. The molecule has 214 valence electrons. The van der Waals surface area contributed by atoms with Gasteiger partial charge in [0.05, 0.1) is 0 Å². The molecule has 0 radical (unpaired) electrons. The van der Waals surface area contributed by atoms with E-state index in [1.807, 2.05) is 42.5 Å². The molecule has 0 saturated heterocycles. The zero-order valence-electron chi connectivity index (χ0n) is 24.3. The lowest BCUT2D eigenvalue weighted by Gasteiger charge is -2.07. The molecule has 4 heterocycles. The summed E-state index contributed by atoms with van der Waals surface area (Å²) in [6, 6.07) is 46.2. The third-order valence-corrected chi connectivity index (χ3v) is 9.49. The second kappa shape index (κ2) is 8.68. The van der Waals surface area contributed by atoms with Crippen molar-refractivity contribution in [3.05, 3.63) is 133 Å². The first kappa shape index (κ1) is 24.1. The fourth-order valence-corrected chi connectivity index (χ4v) is 7.34. The minimum atomic E-state index is 0.787. The van der Waals surface area contributed by atoms with E-state index in [2.05, 4.69) is 91.0 Å². The number of benzene rings is 7. The lowest BCUT2D eigenvalue weighted by Crippen LogP contribution is -1.82. The van der Waals surface area contributed by atoms with Crippen molar-refractivity contribution in [3.8, 4) is 22.3 Å². The van der Waals surface area contributed by atoms with Gasteiger partial charge in [-0.05, 0) is 89.0 Å². The number of rotatable bonds is 2. The van der Waals surface area contributed by atoms with E-state index in [0.717, 1.165) is 110 Å². The summed E-state index contributed by atoms with van der Waals surface area (Å²) in [6.45, 7) is 0. The zero-order valence-corrected chi connectivity index (χ0v) is 24.3. The fraction of sp³-hybridized carbons (Fsp3) is 0. The van der Waals surface area contributed by atoms with E-state index < -0.39 is 0 Å². The van der Waals surface area contributed by atoms with Gasteiger partial charge in [0.2, 0.25) is 0 Å². The lowest BCUT2D eigenvalue weighted by atomic mass is 9.96. The van der Waals surface area contributed by atoms with Gasteiger partial charge in [0.1, 0.15) is 33.5 Å². The maximum atomic E-state index is 6.39. The Labute approximate surface area is 260 Å². The van der Waals surface area contributed by atoms with Crippen molar-refractivity contribution in [2.24, 2.45) is 0 Å². The zero-order chi connectivity index (χ0) is 29.9. The molecule has 4 heteroatoms. The van der Waals surface area contributed by atoms with E-state index in [9.17, 15) is 0 Å². The van der Waals surface area contributed by atoms with E-state index in [1.165, 1.54) is 0 Å². The smallest absolute Gasteiger partial charge is 0.178 e. The van der Waals surface area contributed by atoms with Crippen molar-refractivity contribution in [1.82, 2.24) is 0 Å². The van der Waals surface area contributed by atoms with Crippen LogP contribution in [0.4, 0.5) is 0 Å². The number of hydrogen-bond acceptors (Lipinski definition) is 4. The third kappa shape index (κ3) is 3.22. The largest absolute Gasteiger partial charge is 0.456 e. The Morgan fingerprint density at radius 3 is 1.43 bits per heavy atom. The molecule has 4 nitrogen and oxygen atoms in total. The van der Waals surface area contributed by atoms with Gasteiger partial charge in [-0.3, -0.25) is 0 Å². The minimum absolute atomic E-state index is 0.787. The van der Waals surface area contributed by atoms with Crippen LogP contribution in [-0.4, -0.2) is 0 Å². The second-order valence-electron chi connectivity index (χ2n) is 12.0. The molecule has 0 atom stereocenters. The van der Waals surface area contributed by atoms with E-state index in [0.29, 0.717) is 0 Å². The molecule has 0 aliphatic rings. The second-order valence-corrected chi connectivity index (χ2v) is 12.0. The molecule has 0 aliphatic heterocycles. The highest BCUT2D eigenvalue weighted by molar-refractivity contribution is 6.26.